The van der Waals surface area contributed by atoms with Crippen LogP contribution >= 0.6 is 0 Å². The van der Waals surface area contributed by atoms with Gasteiger partial charge in [-0.3, -0.25) is 5.10 Å². The Hall–Kier alpha value is -4.05. The van der Waals surface area contributed by atoms with E-state index in [0.29, 0.717) is 17.9 Å². The number of aromatic amines is 1. The van der Waals surface area contributed by atoms with Gasteiger partial charge in [0.05, 0.1) is 43.7 Å². The zero-order chi connectivity index (χ0) is 19.8. The summed E-state index contributed by atoms with van der Waals surface area (Å²) in [5.74, 6) is 7.75. The molecule has 0 unspecified atom stereocenters. The van der Waals surface area contributed by atoms with Crippen molar-refractivity contribution >= 4 is 0 Å². The van der Waals surface area contributed by atoms with Gasteiger partial charge in [0, 0.05) is 17.5 Å². The predicted octanol–water partition coefficient (Wildman–Crippen LogP) is 2.98. The number of H-pyrrole nitrogens is 1. The van der Waals surface area contributed by atoms with Gasteiger partial charge in [-0.15, -0.1) is 0 Å². The predicted molar refractivity (Wildman–Crippen MR) is 107 cm³/mol. The van der Waals surface area contributed by atoms with Crippen molar-refractivity contribution in [3.8, 4) is 40.3 Å². The number of hydrogen-bond acceptors (Lipinski definition) is 5. The molecule has 0 radical (unpaired) electrons. The second-order valence-corrected chi connectivity index (χ2v) is 6.57. The summed E-state index contributed by atoms with van der Waals surface area (Å²) < 4.78 is 12.6. The van der Waals surface area contributed by atoms with Crippen molar-refractivity contribution in [3.05, 3.63) is 71.7 Å². The van der Waals surface area contributed by atoms with E-state index in [4.69, 9.17) is 9.47 Å². The van der Waals surface area contributed by atoms with Crippen molar-refractivity contribution in [3.63, 3.8) is 0 Å². The minimum Gasteiger partial charge on any atom is -0.497 e. The van der Waals surface area contributed by atoms with Gasteiger partial charge in [-0.05, 0) is 42.2 Å². The molecule has 1 aliphatic heterocycles. The third-order valence-electron chi connectivity index (χ3n) is 4.96. The van der Waals surface area contributed by atoms with Crippen LogP contribution in [-0.4, -0.2) is 39.0 Å². The van der Waals surface area contributed by atoms with Crippen LogP contribution in [0.15, 0.2) is 49.1 Å². The van der Waals surface area contributed by atoms with E-state index < -0.39 is 0 Å². The molecule has 0 atom stereocenters. The van der Waals surface area contributed by atoms with Gasteiger partial charge >= 0.3 is 0 Å². The van der Waals surface area contributed by atoms with Crippen LogP contribution in [0.5, 0.6) is 11.5 Å². The quantitative estimate of drug-likeness (QED) is 0.474. The van der Waals surface area contributed by atoms with Crippen molar-refractivity contribution in [2.45, 2.75) is 6.42 Å². The molecular formula is C22H17N5O2. The fraction of sp³-hybridized carbons (Fsp3) is 0.136. The van der Waals surface area contributed by atoms with Crippen LogP contribution in [0.25, 0.3) is 16.9 Å². The second-order valence-electron chi connectivity index (χ2n) is 6.57. The average molecular weight is 383 g/mol. The third kappa shape index (κ3) is 2.91. The molecule has 0 bridgehead atoms. The van der Waals surface area contributed by atoms with Crippen molar-refractivity contribution in [1.29, 1.82) is 0 Å². The molecule has 142 valence electrons. The Kier molecular flexibility index (Phi) is 4.03. The zero-order valence-corrected chi connectivity index (χ0v) is 15.9. The highest BCUT2D eigenvalue weighted by Gasteiger charge is 2.23. The summed E-state index contributed by atoms with van der Waals surface area (Å²) in [6.45, 7) is 0. The van der Waals surface area contributed by atoms with E-state index in [1.54, 1.807) is 20.4 Å². The molecule has 0 saturated carbocycles. The Morgan fingerprint density at radius 1 is 1.00 bits per heavy atom. The molecule has 0 saturated heterocycles. The standard InChI is InChI=1S/C22H17N5O2/c1-28-16-6-8-20-18(10-16)22-14(11-25-26-22)9-21-19(24-13-27(20)21)7-4-15-3-5-17(29-2)12-23-15/h3,5-6,8,10-13H,9H2,1-2H3,(H,25,26). The molecule has 3 aromatic heterocycles. The first kappa shape index (κ1) is 17.1. The van der Waals surface area contributed by atoms with Crippen LogP contribution in [0.4, 0.5) is 0 Å². The molecule has 1 aromatic carbocycles. The van der Waals surface area contributed by atoms with Crippen molar-refractivity contribution in [2.75, 3.05) is 14.2 Å². The van der Waals surface area contributed by atoms with Gasteiger partial charge in [0.1, 0.15) is 29.2 Å². The van der Waals surface area contributed by atoms with Crippen LogP contribution in [-0.2, 0) is 6.42 Å². The normalized spacial score (nSPS) is 11.4. The van der Waals surface area contributed by atoms with Crippen molar-refractivity contribution < 1.29 is 9.47 Å². The van der Waals surface area contributed by atoms with E-state index in [-0.39, 0.29) is 0 Å². The molecule has 0 aliphatic carbocycles. The number of fused-ring (bicyclic) bond motifs is 5. The molecule has 1 aliphatic rings. The first-order valence-corrected chi connectivity index (χ1v) is 9.06. The minimum absolute atomic E-state index is 0.662. The van der Waals surface area contributed by atoms with Crippen LogP contribution in [0.1, 0.15) is 22.6 Å². The zero-order valence-electron chi connectivity index (χ0n) is 15.9. The molecule has 4 heterocycles. The Labute approximate surface area is 167 Å². The first-order valence-electron chi connectivity index (χ1n) is 9.06. The summed E-state index contributed by atoms with van der Waals surface area (Å²) in [4.78, 5) is 8.86. The van der Waals surface area contributed by atoms with Gasteiger partial charge in [-0.25, -0.2) is 9.97 Å². The topological polar surface area (TPSA) is 77.8 Å². The van der Waals surface area contributed by atoms with Crippen LogP contribution in [0, 0.1) is 11.8 Å². The van der Waals surface area contributed by atoms with E-state index in [1.807, 2.05) is 42.9 Å². The van der Waals surface area contributed by atoms with Gasteiger partial charge in [-0.2, -0.15) is 5.10 Å². The van der Waals surface area contributed by atoms with E-state index in [0.717, 1.165) is 39.6 Å². The van der Waals surface area contributed by atoms with Crippen molar-refractivity contribution in [1.82, 2.24) is 24.7 Å². The number of imidazole rings is 1. The first-order chi connectivity index (χ1) is 14.3. The second kappa shape index (κ2) is 6.84. The van der Waals surface area contributed by atoms with E-state index in [9.17, 15) is 0 Å². The number of methoxy groups -OCH3 is 2. The highest BCUT2D eigenvalue weighted by Crippen LogP contribution is 2.36. The maximum absolute atomic E-state index is 5.41. The van der Waals surface area contributed by atoms with Gasteiger partial charge < -0.3 is 14.0 Å². The van der Waals surface area contributed by atoms with Crippen LogP contribution < -0.4 is 9.47 Å². The number of nitrogens with one attached hydrogen (secondary N) is 1. The Morgan fingerprint density at radius 2 is 1.86 bits per heavy atom. The van der Waals surface area contributed by atoms with Gasteiger partial charge in [0.25, 0.3) is 0 Å². The molecule has 4 aromatic rings. The molecule has 0 spiro atoms. The Bertz CT molecular complexity index is 1260. The highest BCUT2D eigenvalue weighted by atomic mass is 16.5. The number of benzene rings is 1. The summed E-state index contributed by atoms with van der Waals surface area (Å²) in [5, 5.41) is 7.36. The molecule has 5 rings (SSSR count). The van der Waals surface area contributed by atoms with E-state index >= 15 is 0 Å². The lowest BCUT2D eigenvalue weighted by Crippen LogP contribution is -2.00. The average Bonchev–Trinajstić information content (AvgIpc) is 3.37. The number of aromatic nitrogens is 5. The number of ether oxygens (including phenoxy) is 2. The Balaban J connectivity index is 1.61. The summed E-state index contributed by atoms with van der Waals surface area (Å²) in [6, 6.07) is 9.64. The molecule has 7 nitrogen and oxygen atoms in total. The summed E-state index contributed by atoms with van der Waals surface area (Å²) in [6.07, 6.45) is 5.98. The molecule has 0 fully saturated rings. The fourth-order valence-corrected chi connectivity index (χ4v) is 3.46. The Morgan fingerprint density at radius 3 is 2.66 bits per heavy atom. The molecular weight excluding hydrogens is 366 g/mol. The summed E-state index contributed by atoms with van der Waals surface area (Å²) in [7, 11) is 3.27. The summed E-state index contributed by atoms with van der Waals surface area (Å²) in [5.41, 5.74) is 6.49. The smallest absolute Gasteiger partial charge is 0.137 e. The van der Waals surface area contributed by atoms with Crippen LogP contribution in [0.3, 0.4) is 0 Å². The minimum atomic E-state index is 0.662. The molecule has 29 heavy (non-hydrogen) atoms. The monoisotopic (exact) mass is 383 g/mol. The third-order valence-corrected chi connectivity index (χ3v) is 4.96. The lowest BCUT2D eigenvalue weighted by Gasteiger charge is -2.11. The lowest BCUT2D eigenvalue weighted by molar-refractivity contribution is 0.413. The van der Waals surface area contributed by atoms with Crippen molar-refractivity contribution in [2.24, 2.45) is 0 Å². The molecule has 1 N–H and O–H groups in total. The van der Waals surface area contributed by atoms with E-state index in [1.165, 1.54) is 0 Å². The summed E-state index contributed by atoms with van der Waals surface area (Å²) >= 11 is 0. The number of nitrogens with zero attached hydrogens (tertiary/aromatic N) is 4. The molecule has 0 amide bonds. The fourth-order valence-electron chi connectivity index (χ4n) is 3.46. The largest absolute Gasteiger partial charge is 0.497 e. The maximum Gasteiger partial charge on any atom is 0.137 e. The number of rotatable bonds is 2. The maximum atomic E-state index is 5.41. The van der Waals surface area contributed by atoms with Gasteiger partial charge in [-0.1, -0.05) is 0 Å². The SMILES string of the molecule is COc1ccc(C#Cc2ncn3c2Cc2cn[nH]c2-c2cc(OC)ccc2-3)nc1. The molecule has 7 heteroatoms. The highest BCUT2D eigenvalue weighted by molar-refractivity contribution is 5.76. The lowest BCUT2D eigenvalue weighted by atomic mass is 10.0. The number of hydrogen-bond donors (Lipinski definition) is 1. The van der Waals surface area contributed by atoms with Crippen LogP contribution in [0.2, 0.25) is 0 Å². The number of pyridine rings is 1. The van der Waals surface area contributed by atoms with Gasteiger partial charge in [0.2, 0.25) is 0 Å². The van der Waals surface area contributed by atoms with Gasteiger partial charge in [0.15, 0.2) is 0 Å². The van der Waals surface area contributed by atoms with E-state index in [2.05, 4.69) is 36.6 Å².